The van der Waals surface area contributed by atoms with E-state index >= 15 is 0 Å². The fourth-order valence-corrected chi connectivity index (χ4v) is 3.42. The van der Waals surface area contributed by atoms with Crippen LogP contribution in [0.3, 0.4) is 0 Å². The number of rotatable bonds is 22. The van der Waals surface area contributed by atoms with Crippen LogP contribution in [0.4, 0.5) is 0 Å². The Morgan fingerprint density at radius 3 is 1.44 bits per heavy atom. The van der Waals surface area contributed by atoms with Crippen molar-refractivity contribution in [1.29, 1.82) is 0 Å². The van der Waals surface area contributed by atoms with Crippen molar-refractivity contribution in [2.75, 3.05) is 13.1 Å². The van der Waals surface area contributed by atoms with Crippen molar-refractivity contribution in [2.24, 2.45) is 0 Å². The minimum absolute atomic E-state index is 0.356. The largest absolute Gasteiger partial charge is 0.478 e. The van der Waals surface area contributed by atoms with E-state index in [0.717, 1.165) is 12.8 Å². The first-order chi connectivity index (χ1) is 13.2. The van der Waals surface area contributed by atoms with Crippen molar-refractivity contribution in [1.82, 2.24) is 5.32 Å². The van der Waals surface area contributed by atoms with Gasteiger partial charge in [0.05, 0.1) is 0 Å². The summed E-state index contributed by atoms with van der Waals surface area (Å²) < 4.78 is 0. The molecular weight excluding hydrogens is 334 g/mol. The molecule has 0 aromatic heterocycles. The molecule has 0 bridgehead atoms. The summed E-state index contributed by atoms with van der Waals surface area (Å²) in [5.74, 6) is -0.842. The molecule has 3 heteroatoms. The fraction of sp³-hybridized carbons (Fsp3) is 0.875. The molecule has 0 rings (SSSR count). The zero-order valence-electron chi connectivity index (χ0n) is 18.2. The van der Waals surface area contributed by atoms with E-state index in [2.05, 4.69) is 18.8 Å². The Kier molecular flexibility index (Phi) is 20.8. The molecule has 0 saturated carbocycles. The van der Waals surface area contributed by atoms with Gasteiger partial charge in [0.2, 0.25) is 0 Å². The van der Waals surface area contributed by atoms with Gasteiger partial charge in [-0.25, -0.2) is 4.79 Å². The molecule has 0 fully saturated rings. The number of nitrogens with one attached hydrogen (secondary N) is 1. The van der Waals surface area contributed by atoms with Crippen LogP contribution in [-0.4, -0.2) is 24.2 Å². The Balaban J connectivity index is 3.05. The molecule has 0 aliphatic rings. The molecule has 160 valence electrons. The summed E-state index contributed by atoms with van der Waals surface area (Å²) in [6.45, 7) is 8.22. The van der Waals surface area contributed by atoms with Gasteiger partial charge in [0, 0.05) is 5.57 Å². The van der Waals surface area contributed by atoms with Gasteiger partial charge in [-0.2, -0.15) is 0 Å². The van der Waals surface area contributed by atoms with Gasteiger partial charge in [-0.1, -0.05) is 103 Å². The molecule has 0 aromatic carbocycles. The van der Waals surface area contributed by atoms with E-state index in [0.29, 0.717) is 12.0 Å². The average molecular weight is 382 g/mol. The highest BCUT2D eigenvalue weighted by Gasteiger charge is 2.02. The van der Waals surface area contributed by atoms with Crippen LogP contribution in [0.5, 0.6) is 0 Å². The summed E-state index contributed by atoms with van der Waals surface area (Å²) in [5, 5.41) is 12.3. The smallest absolute Gasteiger partial charge is 0.330 e. The maximum absolute atomic E-state index is 10.6. The molecule has 0 spiro atoms. The number of aliphatic carboxylic acids is 1. The van der Waals surface area contributed by atoms with Gasteiger partial charge in [0.1, 0.15) is 0 Å². The lowest BCUT2D eigenvalue weighted by molar-refractivity contribution is -0.132. The van der Waals surface area contributed by atoms with Gasteiger partial charge in [0.25, 0.3) is 0 Å². The van der Waals surface area contributed by atoms with Crippen molar-refractivity contribution >= 4 is 5.97 Å². The molecule has 0 aliphatic carbocycles. The van der Waals surface area contributed by atoms with Crippen molar-refractivity contribution in [3.05, 3.63) is 12.2 Å². The van der Waals surface area contributed by atoms with E-state index in [9.17, 15) is 4.79 Å². The third kappa shape index (κ3) is 21.3. The predicted molar refractivity (Wildman–Crippen MR) is 118 cm³/mol. The van der Waals surface area contributed by atoms with E-state index in [1.54, 1.807) is 0 Å². The van der Waals surface area contributed by atoms with Crippen LogP contribution in [0.2, 0.25) is 0 Å². The molecule has 0 atom stereocenters. The number of carboxylic acids is 1. The van der Waals surface area contributed by atoms with E-state index in [1.165, 1.54) is 109 Å². The van der Waals surface area contributed by atoms with E-state index in [4.69, 9.17) is 5.11 Å². The molecule has 0 amide bonds. The van der Waals surface area contributed by atoms with Gasteiger partial charge < -0.3 is 10.4 Å². The fourth-order valence-electron chi connectivity index (χ4n) is 3.42. The predicted octanol–water partition coefficient (Wildman–Crippen LogP) is 7.26. The van der Waals surface area contributed by atoms with Crippen molar-refractivity contribution in [3.63, 3.8) is 0 Å². The van der Waals surface area contributed by atoms with E-state index in [-0.39, 0.29) is 0 Å². The summed E-state index contributed by atoms with van der Waals surface area (Å²) in [7, 11) is 0. The van der Waals surface area contributed by atoms with Gasteiger partial charge in [0.15, 0.2) is 0 Å². The molecule has 0 radical (unpaired) electrons. The molecule has 27 heavy (non-hydrogen) atoms. The van der Waals surface area contributed by atoms with Crippen LogP contribution >= 0.6 is 0 Å². The highest BCUT2D eigenvalue weighted by atomic mass is 16.4. The lowest BCUT2D eigenvalue weighted by Gasteiger charge is -2.05. The minimum atomic E-state index is -0.842. The van der Waals surface area contributed by atoms with Crippen LogP contribution in [-0.2, 0) is 4.79 Å². The van der Waals surface area contributed by atoms with Crippen LogP contribution in [0.25, 0.3) is 0 Å². The van der Waals surface area contributed by atoms with E-state index < -0.39 is 5.97 Å². The van der Waals surface area contributed by atoms with Gasteiger partial charge in [-0.3, -0.25) is 0 Å². The molecule has 0 heterocycles. The number of hydrogen-bond acceptors (Lipinski definition) is 2. The molecule has 0 saturated heterocycles. The number of carbonyl (C=O) groups is 1. The summed E-state index contributed by atoms with van der Waals surface area (Å²) in [4.78, 5) is 10.6. The highest BCUT2D eigenvalue weighted by Crippen LogP contribution is 2.14. The molecule has 2 N–H and O–H groups in total. The number of hydrogen-bond donors (Lipinski definition) is 2. The maximum Gasteiger partial charge on any atom is 0.330 e. The average Bonchev–Trinajstić information content (AvgIpc) is 2.66. The zero-order chi connectivity index (χ0) is 20.0. The molecule has 3 nitrogen and oxygen atoms in total. The monoisotopic (exact) mass is 381 g/mol. The minimum Gasteiger partial charge on any atom is -0.478 e. The quantitative estimate of drug-likeness (QED) is 0.153. The van der Waals surface area contributed by atoms with Gasteiger partial charge >= 0.3 is 5.97 Å². The summed E-state index contributed by atoms with van der Waals surface area (Å²) >= 11 is 0. The molecular formula is C24H47NO2. The molecule has 0 aromatic rings. The van der Waals surface area contributed by atoms with Gasteiger partial charge in [-0.05, 0) is 38.8 Å². The second-order valence-corrected chi connectivity index (χ2v) is 8.07. The standard InChI is InChI=1S/C24H47NO2/c1-3-4-21-25-22-19-17-15-13-11-9-7-5-6-8-10-12-14-16-18-20-23(2)24(26)27/h25H,2-22H2,1H3,(H,26,27). The van der Waals surface area contributed by atoms with Crippen molar-refractivity contribution in [3.8, 4) is 0 Å². The third-order valence-electron chi connectivity index (χ3n) is 5.34. The summed E-state index contributed by atoms with van der Waals surface area (Å²) in [6, 6.07) is 0. The number of unbranched alkanes of at least 4 members (excludes halogenated alkanes) is 15. The first-order valence-corrected chi connectivity index (χ1v) is 11.8. The maximum atomic E-state index is 10.6. The lowest BCUT2D eigenvalue weighted by atomic mass is 10.0. The Bertz CT molecular complexity index is 341. The topological polar surface area (TPSA) is 49.3 Å². The van der Waals surface area contributed by atoms with Crippen LogP contribution in [0.15, 0.2) is 12.2 Å². The molecule has 0 unspecified atom stereocenters. The van der Waals surface area contributed by atoms with Crippen molar-refractivity contribution in [2.45, 2.75) is 122 Å². The SMILES string of the molecule is C=C(CCCCCCCCCCCCCCCCCNCCCC)C(=O)O. The second-order valence-electron chi connectivity index (χ2n) is 8.07. The second kappa shape index (κ2) is 21.5. The lowest BCUT2D eigenvalue weighted by Crippen LogP contribution is -2.16. The summed E-state index contributed by atoms with van der Waals surface area (Å²) in [5.41, 5.74) is 0.356. The highest BCUT2D eigenvalue weighted by molar-refractivity contribution is 5.85. The third-order valence-corrected chi connectivity index (χ3v) is 5.34. The first kappa shape index (κ1) is 26.2. The van der Waals surface area contributed by atoms with Crippen LogP contribution in [0.1, 0.15) is 122 Å². The van der Waals surface area contributed by atoms with Crippen LogP contribution in [0, 0.1) is 0 Å². The Labute approximate surface area is 169 Å². The summed E-state index contributed by atoms with van der Waals surface area (Å²) in [6.07, 6.45) is 23.2. The van der Waals surface area contributed by atoms with E-state index in [1.807, 2.05) is 0 Å². The first-order valence-electron chi connectivity index (χ1n) is 11.8. The zero-order valence-corrected chi connectivity index (χ0v) is 18.2. The van der Waals surface area contributed by atoms with Crippen LogP contribution < -0.4 is 5.32 Å². The Morgan fingerprint density at radius 1 is 0.667 bits per heavy atom. The Hall–Kier alpha value is -0.830. The normalized spacial score (nSPS) is 11.0. The van der Waals surface area contributed by atoms with Gasteiger partial charge in [-0.15, -0.1) is 0 Å². The Morgan fingerprint density at radius 2 is 1.04 bits per heavy atom. The van der Waals surface area contributed by atoms with Crippen molar-refractivity contribution < 1.29 is 9.90 Å². The number of carboxylic acid groups (broad SMARTS) is 1. The molecule has 0 aliphatic heterocycles.